The van der Waals surface area contributed by atoms with Crippen LogP contribution in [0, 0.1) is 0 Å². The lowest BCUT2D eigenvalue weighted by Crippen LogP contribution is -2.16. The molecule has 8 heteroatoms. The van der Waals surface area contributed by atoms with Crippen LogP contribution in [0.1, 0.15) is 5.69 Å². The Morgan fingerprint density at radius 3 is 2.47 bits per heavy atom. The molecule has 0 radical (unpaired) electrons. The highest BCUT2D eigenvalue weighted by atomic mass is 35.5. The predicted octanol–water partition coefficient (Wildman–Crippen LogP) is 1.94. The molecule has 2 aromatic heterocycles. The highest BCUT2D eigenvalue weighted by molar-refractivity contribution is 6.38. The second kappa shape index (κ2) is 5.81. The van der Waals surface area contributed by atoms with Gasteiger partial charge in [0.2, 0.25) is 5.91 Å². The standard InChI is InChI=1S/C11H9Cl2N5O/c12-10-9(11(13)17-5-16-10)18-8(19)3-7-2-1-6(14)4-15-7/h1-2,4-5H,3,14H2,(H,18,19). The quantitative estimate of drug-likeness (QED) is 0.845. The van der Waals surface area contributed by atoms with Crippen LogP contribution in [0.15, 0.2) is 24.7 Å². The summed E-state index contributed by atoms with van der Waals surface area (Å²) in [5.74, 6) is -0.323. The summed E-state index contributed by atoms with van der Waals surface area (Å²) in [6.45, 7) is 0. The Hall–Kier alpha value is -1.92. The molecule has 0 saturated heterocycles. The summed E-state index contributed by atoms with van der Waals surface area (Å²) in [6, 6.07) is 3.33. The zero-order valence-electron chi connectivity index (χ0n) is 9.60. The monoisotopic (exact) mass is 297 g/mol. The van der Waals surface area contributed by atoms with Gasteiger partial charge in [0.1, 0.15) is 12.0 Å². The van der Waals surface area contributed by atoms with Gasteiger partial charge in [-0.15, -0.1) is 0 Å². The molecule has 0 aliphatic heterocycles. The van der Waals surface area contributed by atoms with Crippen LogP contribution < -0.4 is 11.1 Å². The van der Waals surface area contributed by atoms with Crippen molar-refractivity contribution in [2.24, 2.45) is 0 Å². The van der Waals surface area contributed by atoms with E-state index in [1.807, 2.05) is 0 Å². The van der Waals surface area contributed by atoms with Gasteiger partial charge in [-0.05, 0) is 12.1 Å². The molecule has 0 spiro atoms. The molecule has 19 heavy (non-hydrogen) atoms. The van der Waals surface area contributed by atoms with Crippen molar-refractivity contribution in [3.05, 3.63) is 40.7 Å². The SMILES string of the molecule is Nc1ccc(CC(=O)Nc2c(Cl)ncnc2Cl)nc1. The number of halogens is 2. The van der Waals surface area contributed by atoms with Gasteiger partial charge in [0, 0.05) is 5.69 Å². The van der Waals surface area contributed by atoms with E-state index in [4.69, 9.17) is 28.9 Å². The van der Waals surface area contributed by atoms with E-state index in [0.29, 0.717) is 11.4 Å². The molecule has 0 fully saturated rings. The molecule has 0 aromatic carbocycles. The summed E-state index contributed by atoms with van der Waals surface area (Å²) in [7, 11) is 0. The molecule has 0 atom stereocenters. The van der Waals surface area contributed by atoms with Crippen LogP contribution in [0.4, 0.5) is 11.4 Å². The van der Waals surface area contributed by atoms with E-state index in [9.17, 15) is 4.79 Å². The van der Waals surface area contributed by atoms with E-state index in [-0.39, 0.29) is 28.3 Å². The maximum absolute atomic E-state index is 11.8. The van der Waals surface area contributed by atoms with Gasteiger partial charge in [-0.1, -0.05) is 23.2 Å². The highest BCUT2D eigenvalue weighted by Gasteiger charge is 2.12. The molecule has 0 saturated carbocycles. The number of anilines is 2. The van der Waals surface area contributed by atoms with Gasteiger partial charge < -0.3 is 11.1 Å². The molecule has 2 rings (SSSR count). The van der Waals surface area contributed by atoms with Crippen molar-refractivity contribution in [2.45, 2.75) is 6.42 Å². The third-order valence-corrected chi connectivity index (χ3v) is 2.78. The topological polar surface area (TPSA) is 93.8 Å². The zero-order valence-corrected chi connectivity index (χ0v) is 11.1. The van der Waals surface area contributed by atoms with Crippen LogP contribution >= 0.6 is 23.2 Å². The second-order valence-corrected chi connectivity index (χ2v) is 4.35. The van der Waals surface area contributed by atoms with Crippen LogP contribution in [0.3, 0.4) is 0 Å². The average Bonchev–Trinajstić information content (AvgIpc) is 2.37. The largest absolute Gasteiger partial charge is 0.397 e. The lowest BCUT2D eigenvalue weighted by atomic mass is 10.2. The van der Waals surface area contributed by atoms with Crippen LogP contribution in [0.2, 0.25) is 10.3 Å². The van der Waals surface area contributed by atoms with Gasteiger partial charge in [0.15, 0.2) is 10.3 Å². The van der Waals surface area contributed by atoms with E-state index in [1.165, 1.54) is 12.5 Å². The predicted molar refractivity (Wildman–Crippen MR) is 73.0 cm³/mol. The smallest absolute Gasteiger partial charge is 0.230 e. The van der Waals surface area contributed by atoms with Crippen molar-refractivity contribution in [3.8, 4) is 0 Å². The van der Waals surface area contributed by atoms with Crippen LogP contribution in [0.5, 0.6) is 0 Å². The van der Waals surface area contributed by atoms with E-state index in [0.717, 1.165) is 0 Å². The second-order valence-electron chi connectivity index (χ2n) is 3.64. The Bertz CT molecular complexity index is 582. The number of carbonyl (C=O) groups excluding carboxylic acids is 1. The molecule has 6 nitrogen and oxygen atoms in total. The summed E-state index contributed by atoms with van der Waals surface area (Å²) >= 11 is 11.6. The molecular formula is C11H9Cl2N5O. The van der Waals surface area contributed by atoms with Gasteiger partial charge >= 0.3 is 0 Å². The lowest BCUT2D eigenvalue weighted by molar-refractivity contribution is -0.115. The number of nitrogens with two attached hydrogens (primary N) is 1. The summed E-state index contributed by atoms with van der Waals surface area (Å²) in [5, 5.41) is 2.71. The normalized spacial score (nSPS) is 10.2. The number of pyridine rings is 1. The first-order valence-corrected chi connectivity index (χ1v) is 5.98. The highest BCUT2D eigenvalue weighted by Crippen LogP contribution is 2.25. The maximum atomic E-state index is 11.8. The Kier molecular flexibility index (Phi) is 4.13. The minimum Gasteiger partial charge on any atom is -0.397 e. The number of amides is 1. The Morgan fingerprint density at radius 1 is 1.21 bits per heavy atom. The fourth-order valence-electron chi connectivity index (χ4n) is 1.34. The van der Waals surface area contributed by atoms with Gasteiger partial charge in [0.05, 0.1) is 18.3 Å². The van der Waals surface area contributed by atoms with Gasteiger partial charge in [-0.25, -0.2) is 9.97 Å². The molecule has 0 aliphatic rings. The van der Waals surface area contributed by atoms with E-state index >= 15 is 0 Å². The maximum Gasteiger partial charge on any atom is 0.230 e. The van der Waals surface area contributed by atoms with Crippen molar-refractivity contribution in [3.63, 3.8) is 0 Å². The van der Waals surface area contributed by atoms with Crippen LogP contribution in [0.25, 0.3) is 0 Å². The summed E-state index contributed by atoms with van der Waals surface area (Å²) in [4.78, 5) is 23.3. The number of carbonyl (C=O) groups is 1. The minimum atomic E-state index is -0.323. The molecule has 0 bridgehead atoms. The van der Waals surface area contributed by atoms with Crippen LogP contribution in [-0.2, 0) is 11.2 Å². The number of nitrogens with zero attached hydrogens (tertiary/aromatic N) is 3. The third kappa shape index (κ3) is 3.52. The van der Waals surface area contributed by atoms with Crippen LogP contribution in [-0.4, -0.2) is 20.9 Å². The Balaban J connectivity index is 2.07. The minimum absolute atomic E-state index is 0.0713. The molecule has 3 N–H and O–H groups in total. The van der Waals surface area contributed by atoms with E-state index < -0.39 is 0 Å². The number of nitrogen functional groups attached to an aromatic ring is 1. The number of nitrogens with one attached hydrogen (secondary N) is 1. The average molecular weight is 298 g/mol. The van der Waals surface area contributed by atoms with Crippen molar-refractivity contribution in [2.75, 3.05) is 11.1 Å². The molecule has 1 amide bonds. The number of hydrogen-bond donors (Lipinski definition) is 2. The number of hydrogen-bond acceptors (Lipinski definition) is 5. The summed E-state index contributed by atoms with van der Waals surface area (Å²) in [6.07, 6.45) is 2.76. The van der Waals surface area contributed by atoms with E-state index in [1.54, 1.807) is 12.1 Å². The number of rotatable bonds is 3. The zero-order chi connectivity index (χ0) is 13.8. The van der Waals surface area contributed by atoms with Crippen molar-refractivity contribution < 1.29 is 4.79 Å². The molecule has 2 heterocycles. The van der Waals surface area contributed by atoms with E-state index in [2.05, 4.69) is 20.3 Å². The molecule has 98 valence electrons. The first kappa shape index (κ1) is 13.5. The summed E-state index contributed by atoms with van der Waals surface area (Å²) in [5.41, 5.74) is 6.81. The molecule has 2 aromatic rings. The molecule has 0 unspecified atom stereocenters. The first-order valence-electron chi connectivity index (χ1n) is 5.22. The third-order valence-electron chi connectivity index (χ3n) is 2.21. The number of aromatic nitrogens is 3. The lowest BCUT2D eigenvalue weighted by Gasteiger charge is -2.07. The molecular weight excluding hydrogens is 289 g/mol. The van der Waals surface area contributed by atoms with Gasteiger partial charge in [-0.3, -0.25) is 9.78 Å². The van der Waals surface area contributed by atoms with Crippen molar-refractivity contribution in [1.82, 2.24) is 15.0 Å². The Labute approximate surface area is 119 Å². The fraction of sp³-hybridized carbons (Fsp3) is 0.0909. The molecule has 0 aliphatic carbocycles. The van der Waals surface area contributed by atoms with Gasteiger partial charge in [0.25, 0.3) is 0 Å². The van der Waals surface area contributed by atoms with Gasteiger partial charge in [-0.2, -0.15) is 0 Å². The Morgan fingerprint density at radius 2 is 1.89 bits per heavy atom. The first-order chi connectivity index (χ1) is 9.06. The summed E-state index contributed by atoms with van der Waals surface area (Å²) < 4.78 is 0. The fourth-order valence-corrected chi connectivity index (χ4v) is 1.75. The van der Waals surface area contributed by atoms with Crippen molar-refractivity contribution in [1.29, 1.82) is 0 Å². The van der Waals surface area contributed by atoms with Crippen molar-refractivity contribution >= 4 is 40.5 Å².